The maximum atomic E-state index is 14.5. The van der Waals surface area contributed by atoms with Crippen molar-refractivity contribution in [1.82, 2.24) is 14.5 Å². The number of amides is 2. The van der Waals surface area contributed by atoms with Gasteiger partial charge in [-0.25, -0.2) is 8.70 Å². The largest absolute Gasteiger partial charge is 0.352 e. The molecule has 0 heterocycles. The van der Waals surface area contributed by atoms with Gasteiger partial charge in [0.05, 0.1) is 5.69 Å². The quantitative estimate of drug-likeness (QED) is 0.539. The second-order valence-electron chi connectivity index (χ2n) is 8.91. The summed E-state index contributed by atoms with van der Waals surface area (Å²) in [4.78, 5) is 27.9. The molecule has 0 spiro atoms. The lowest BCUT2D eigenvalue weighted by molar-refractivity contribution is -0.139. The first-order valence-electron chi connectivity index (χ1n) is 11.7. The van der Waals surface area contributed by atoms with Gasteiger partial charge >= 0.3 is 10.2 Å². The van der Waals surface area contributed by atoms with Gasteiger partial charge in [0.15, 0.2) is 0 Å². The van der Waals surface area contributed by atoms with Crippen molar-refractivity contribution in [3.05, 3.63) is 66.0 Å². The summed E-state index contributed by atoms with van der Waals surface area (Å²) in [7, 11) is -1.26. The van der Waals surface area contributed by atoms with Crippen LogP contribution in [-0.4, -0.2) is 62.2 Å². The summed E-state index contributed by atoms with van der Waals surface area (Å²) >= 11 is 0. The van der Waals surface area contributed by atoms with Crippen LogP contribution in [0.5, 0.6) is 0 Å². The van der Waals surface area contributed by atoms with Gasteiger partial charge < -0.3 is 10.2 Å². The molecule has 1 aliphatic carbocycles. The highest BCUT2D eigenvalue weighted by Gasteiger charge is 2.33. The number of carbonyl (C=O) groups is 2. The molecule has 10 heteroatoms. The van der Waals surface area contributed by atoms with Crippen LogP contribution in [0.25, 0.3) is 0 Å². The number of nitrogens with one attached hydrogen (secondary N) is 1. The predicted octanol–water partition coefficient (Wildman–Crippen LogP) is 2.91. The molecule has 0 bridgehead atoms. The fourth-order valence-electron chi connectivity index (χ4n) is 4.10. The van der Waals surface area contributed by atoms with Crippen LogP contribution in [-0.2, 0) is 26.3 Å². The second kappa shape index (κ2) is 11.6. The summed E-state index contributed by atoms with van der Waals surface area (Å²) < 4.78 is 42.6. The molecule has 190 valence electrons. The molecule has 2 aromatic carbocycles. The summed E-state index contributed by atoms with van der Waals surface area (Å²) in [5.41, 5.74) is 0.548. The molecule has 0 radical (unpaired) electrons. The highest BCUT2D eigenvalue weighted by molar-refractivity contribution is 7.90. The fraction of sp³-hybridized carbons (Fsp3) is 0.440. The Bertz CT molecular complexity index is 1120. The van der Waals surface area contributed by atoms with Gasteiger partial charge in [0, 0.05) is 32.2 Å². The van der Waals surface area contributed by atoms with Gasteiger partial charge in [-0.05, 0) is 38.0 Å². The van der Waals surface area contributed by atoms with E-state index in [0.29, 0.717) is 5.69 Å². The molecular weight excluding hydrogens is 471 g/mol. The van der Waals surface area contributed by atoms with Crippen LogP contribution in [0.1, 0.15) is 38.2 Å². The summed E-state index contributed by atoms with van der Waals surface area (Å²) in [5, 5.41) is 2.98. The molecule has 1 fully saturated rings. The van der Waals surface area contributed by atoms with E-state index in [0.717, 1.165) is 34.3 Å². The Morgan fingerprint density at radius 2 is 1.63 bits per heavy atom. The number of hydrogen-bond donors (Lipinski definition) is 1. The zero-order valence-electron chi connectivity index (χ0n) is 20.4. The van der Waals surface area contributed by atoms with Gasteiger partial charge in [0.1, 0.15) is 18.4 Å². The average molecular weight is 505 g/mol. The molecule has 0 saturated heterocycles. The van der Waals surface area contributed by atoms with Crippen LogP contribution >= 0.6 is 0 Å². The summed E-state index contributed by atoms with van der Waals surface area (Å²) in [6.45, 7) is 0.867. The molecule has 3 rings (SSSR count). The molecular formula is C25H33FN4O4S. The Kier molecular flexibility index (Phi) is 8.85. The third-order valence-corrected chi connectivity index (χ3v) is 8.05. The highest BCUT2D eigenvalue weighted by Crippen LogP contribution is 2.22. The van der Waals surface area contributed by atoms with Crippen molar-refractivity contribution in [2.75, 3.05) is 24.9 Å². The standard InChI is InChI=1S/C25H33FN4O4S/c1-19(25(32)27-21-12-8-9-13-21)29(17-20-11-7-10-16-23(20)26)24(31)18-30(35(33,34)28(2)3)22-14-5-4-6-15-22/h4-7,10-11,14-16,19,21H,8-9,12-13,17-18H2,1-3H3,(H,27,32)/t19-/m1/s1. The summed E-state index contributed by atoms with van der Waals surface area (Å²) in [6.07, 6.45) is 3.82. The van der Waals surface area contributed by atoms with Crippen molar-refractivity contribution >= 4 is 27.7 Å². The number of carbonyl (C=O) groups excluding carboxylic acids is 2. The Labute approximate surface area is 206 Å². The fourth-order valence-corrected chi connectivity index (χ4v) is 5.15. The van der Waals surface area contributed by atoms with Crippen LogP contribution in [0.2, 0.25) is 0 Å². The minimum absolute atomic E-state index is 0.0466. The second-order valence-corrected chi connectivity index (χ2v) is 11.0. The third kappa shape index (κ3) is 6.58. The van der Waals surface area contributed by atoms with Crippen LogP contribution in [0.4, 0.5) is 10.1 Å². The van der Waals surface area contributed by atoms with E-state index < -0.39 is 34.5 Å². The predicted molar refractivity (Wildman–Crippen MR) is 133 cm³/mol. The molecule has 0 aliphatic heterocycles. The van der Waals surface area contributed by atoms with Gasteiger partial charge in [-0.2, -0.15) is 12.7 Å². The van der Waals surface area contributed by atoms with E-state index in [1.165, 1.54) is 25.1 Å². The number of anilines is 1. The van der Waals surface area contributed by atoms with E-state index in [-0.39, 0.29) is 24.1 Å². The van der Waals surface area contributed by atoms with Crippen molar-refractivity contribution in [3.63, 3.8) is 0 Å². The lowest BCUT2D eigenvalue weighted by Gasteiger charge is -2.33. The molecule has 8 nitrogen and oxygen atoms in total. The normalized spacial score (nSPS) is 15.1. The number of halogens is 1. The van der Waals surface area contributed by atoms with Crippen molar-refractivity contribution < 1.29 is 22.4 Å². The van der Waals surface area contributed by atoms with Crippen LogP contribution < -0.4 is 9.62 Å². The van der Waals surface area contributed by atoms with Crippen molar-refractivity contribution in [1.29, 1.82) is 0 Å². The molecule has 2 aromatic rings. The number of rotatable bonds is 10. The number of benzene rings is 2. The Morgan fingerprint density at radius 1 is 1.03 bits per heavy atom. The first-order chi connectivity index (χ1) is 16.6. The van der Waals surface area contributed by atoms with Gasteiger partial charge in [-0.15, -0.1) is 0 Å². The smallest absolute Gasteiger partial charge is 0.304 e. The lowest BCUT2D eigenvalue weighted by atomic mass is 10.1. The van der Waals surface area contributed by atoms with E-state index >= 15 is 0 Å². The number of hydrogen-bond acceptors (Lipinski definition) is 4. The third-order valence-electron chi connectivity index (χ3n) is 6.23. The van der Waals surface area contributed by atoms with Gasteiger partial charge in [-0.3, -0.25) is 9.59 Å². The van der Waals surface area contributed by atoms with E-state index in [2.05, 4.69) is 5.32 Å². The van der Waals surface area contributed by atoms with E-state index in [1.807, 2.05) is 0 Å². The molecule has 35 heavy (non-hydrogen) atoms. The SMILES string of the molecule is C[C@H](C(=O)NC1CCCC1)N(Cc1ccccc1F)C(=O)CN(c1ccccc1)S(=O)(=O)N(C)C. The molecule has 1 aliphatic rings. The Hall–Kier alpha value is -2.98. The van der Waals surface area contributed by atoms with E-state index in [1.54, 1.807) is 55.5 Å². The van der Waals surface area contributed by atoms with E-state index in [4.69, 9.17) is 0 Å². The van der Waals surface area contributed by atoms with Crippen molar-refractivity contribution in [3.8, 4) is 0 Å². The summed E-state index contributed by atoms with van der Waals surface area (Å²) in [5.74, 6) is -1.46. The van der Waals surface area contributed by atoms with Crippen molar-refractivity contribution in [2.24, 2.45) is 0 Å². The Morgan fingerprint density at radius 3 is 2.23 bits per heavy atom. The lowest BCUT2D eigenvalue weighted by Crippen LogP contribution is -2.53. The van der Waals surface area contributed by atoms with E-state index in [9.17, 15) is 22.4 Å². The zero-order chi connectivity index (χ0) is 25.6. The highest BCUT2D eigenvalue weighted by atomic mass is 32.2. The Balaban J connectivity index is 1.91. The van der Waals surface area contributed by atoms with Crippen molar-refractivity contribution in [2.45, 2.75) is 51.2 Å². The number of nitrogens with zero attached hydrogens (tertiary/aromatic N) is 3. The summed E-state index contributed by atoms with van der Waals surface area (Å²) in [6, 6.07) is 13.4. The monoisotopic (exact) mass is 504 g/mol. The minimum Gasteiger partial charge on any atom is -0.352 e. The molecule has 1 saturated carbocycles. The van der Waals surface area contributed by atoms with Gasteiger partial charge in [-0.1, -0.05) is 49.2 Å². The maximum absolute atomic E-state index is 14.5. The van der Waals surface area contributed by atoms with Crippen LogP contribution in [0, 0.1) is 5.82 Å². The molecule has 0 aromatic heterocycles. The molecule has 2 amide bonds. The minimum atomic E-state index is -4.02. The zero-order valence-corrected chi connectivity index (χ0v) is 21.2. The van der Waals surface area contributed by atoms with Crippen LogP contribution in [0.15, 0.2) is 54.6 Å². The molecule has 1 N–H and O–H groups in total. The van der Waals surface area contributed by atoms with Gasteiger partial charge in [0.2, 0.25) is 11.8 Å². The van der Waals surface area contributed by atoms with Gasteiger partial charge in [0.25, 0.3) is 0 Å². The first-order valence-corrected chi connectivity index (χ1v) is 13.1. The molecule has 0 unspecified atom stereocenters. The number of para-hydroxylation sites is 1. The maximum Gasteiger partial charge on any atom is 0.304 e. The molecule has 1 atom stereocenters. The topological polar surface area (TPSA) is 90.0 Å². The average Bonchev–Trinajstić information content (AvgIpc) is 3.34. The van der Waals surface area contributed by atoms with Crippen LogP contribution in [0.3, 0.4) is 0 Å². The first kappa shape index (κ1) is 26.6.